The Balaban J connectivity index is 2.15. The van der Waals surface area contributed by atoms with E-state index >= 15 is 0 Å². The average Bonchev–Trinajstić information content (AvgIpc) is 2.69. The van der Waals surface area contributed by atoms with Crippen molar-refractivity contribution in [2.45, 2.75) is 65.3 Å². The van der Waals surface area contributed by atoms with Crippen molar-refractivity contribution >= 4 is 41.2 Å². The van der Waals surface area contributed by atoms with Crippen molar-refractivity contribution in [3.63, 3.8) is 0 Å². The van der Waals surface area contributed by atoms with E-state index in [4.69, 9.17) is 4.43 Å². The molecule has 0 aliphatic rings. The van der Waals surface area contributed by atoms with E-state index in [0.717, 1.165) is 5.75 Å². The quantitative estimate of drug-likeness (QED) is 0.446. The van der Waals surface area contributed by atoms with Crippen LogP contribution in [-0.2, 0) is 11.3 Å². The highest BCUT2D eigenvalue weighted by Gasteiger charge is 2.39. The summed E-state index contributed by atoms with van der Waals surface area (Å²) in [6, 6.07) is 9.17. The van der Waals surface area contributed by atoms with Crippen LogP contribution in [0.5, 0.6) is 5.75 Å². The molecule has 0 fully saturated rings. The standard InChI is InChI=1S/C24H31BrN4O3Si/c1-15(2)27-20(30)14-29-22(28-21-19(23(29)31)12-17(25)13-26-21)16-9-8-10-18(11-16)32-33(6,7)24(3,4)5/h8-13,15H,14H2,1-7H3,(H,27,30). The molecule has 2 heterocycles. The number of hydrogen-bond donors (Lipinski definition) is 1. The smallest absolute Gasteiger partial charge is 0.263 e. The number of pyridine rings is 1. The third kappa shape index (κ3) is 5.70. The largest absolute Gasteiger partial charge is 0.543 e. The minimum atomic E-state index is -2.06. The number of nitrogens with zero attached hydrogens (tertiary/aromatic N) is 3. The van der Waals surface area contributed by atoms with Crippen LogP contribution >= 0.6 is 15.9 Å². The van der Waals surface area contributed by atoms with Crippen molar-refractivity contribution in [1.29, 1.82) is 0 Å². The molecular formula is C24H31BrN4O3Si. The normalized spacial score (nSPS) is 12.3. The number of nitrogens with one attached hydrogen (secondary N) is 1. The third-order valence-electron chi connectivity index (χ3n) is 5.80. The van der Waals surface area contributed by atoms with Crippen molar-refractivity contribution in [1.82, 2.24) is 19.9 Å². The lowest BCUT2D eigenvalue weighted by atomic mass is 10.2. The second-order valence-electron chi connectivity index (χ2n) is 9.96. The van der Waals surface area contributed by atoms with Gasteiger partial charge in [-0.3, -0.25) is 14.2 Å². The molecule has 2 aromatic heterocycles. The van der Waals surface area contributed by atoms with E-state index in [9.17, 15) is 9.59 Å². The second-order valence-corrected chi connectivity index (χ2v) is 15.6. The van der Waals surface area contributed by atoms with Gasteiger partial charge in [-0.15, -0.1) is 0 Å². The highest BCUT2D eigenvalue weighted by molar-refractivity contribution is 9.10. The number of carbonyl (C=O) groups excluding carboxylic acids is 1. The van der Waals surface area contributed by atoms with Crippen molar-refractivity contribution in [2.24, 2.45) is 0 Å². The molecule has 3 aromatic rings. The summed E-state index contributed by atoms with van der Waals surface area (Å²) >= 11 is 3.36. The molecule has 7 nitrogen and oxygen atoms in total. The lowest BCUT2D eigenvalue weighted by Gasteiger charge is -2.36. The van der Waals surface area contributed by atoms with Gasteiger partial charge in [0.25, 0.3) is 5.56 Å². The molecule has 0 spiro atoms. The van der Waals surface area contributed by atoms with Gasteiger partial charge in [0.2, 0.25) is 14.2 Å². The average molecular weight is 532 g/mol. The Morgan fingerprint density at radius 1 is 1.24 bits per heavy atom. The first-order chi connectivity index (χ1) is 15.3. The molecule has 1 N–H and O–H groups in total. The number of aromatic nitrogens is 3. The first kappa shape index (κ1) is 25.1. The SMILES string of the molecule is CC(C)NC(=O)Cn1c(-c2cccc(O[Si](C)(C)C(C)(C)C)c2)nc2ncc(Br)cc2c1=O. The van der Waals surface area contributed by atoms with E-state index < -0.39 is 8.32 Å². The Morgan fingerprint density at radius 3 is 2.58 bits per heavy atom. The van der Waals surface area contributed by atoms with Gasteiger partial charge in [-0.25, -0.2) is 9.97 Å². The summed E-state index contributed by atoms with van der Waals surface area (Å²) in [6.45, 7) is 14.5. The molecule has 3 rings (SSSR count). The predicted octanol–water partition coefficient (Wildman–Crippen LogP) is 5.13. The number of halogens is 1. The zero-order chi connectivity index (χ0) is 24.6. The first-order valence-corrected chi connectivity index (χ1v) is 14.6. The van der Waals surface area contributed by atoms with Gasteiger partial charge < -0.3 is 9.74 Å². The van der Waals surface area contributed by atoms with Gasteiger partial charge in [0.05, 0.1) is 5.39 Å². The van der Waals surface area contributed by atoms with Crippen LogP contribution in [0.3, 0.4) is 0 Å². The summed E-state index contributed by atoms with van der Waals surface area (Å²) in [4.78, 5) is 35.0. The minimum Gasteiger partial charge on any atom is -0.543 e. The molecular weight excluding hydrogens is 500 g/mol. The summed E-state index contributed by atoms with van der Waals surface area (Å²) in [5.41, 5.74) is 0.695. The fourth-order valence-corrected chi connectivity index (χ4v) is 4.46. The van der Waals surface area contributed by atoms with Gasteiger partial charge in [0.1, 0.15) is 18.1 Å². The molecule has 9 heteroatoms. The molecule has 0 radical (unpaired) electrons. The van der Waals surface area contributed by atoms with Crippen molar-refractivity contribution in [2.75, 3.05) is 0 Å². The fraction of sp³-hybridized carbons (Fsp3) is 0.417. The summed E-state index contributed by atoms with van der Waals surface area (Å²) in [5, 5.41) is 3.23. The molecule has 0 saturated carbocycles. The maximum absolute atomic E-state index is 13.4. The van der Waals surface area contributed by atoms with Crippen LogP contribution in [0, 0.1) is 0 Å². The maximum atomic E-state index is 13.4. The van der Waals surface area contributed by atoms with E-state index in [1.807, 2.05) is 38.1 Å². The second kappa shape index (κ2) is 9.38. The summed E-state index contributed by atoms with van der Waals surface area (Å²) < 4.78 is 8.53. The van der Waals surface area contributed by atoms with Gasteiger partial charge in [0, 0.05) is 22.3 Å². The van der Waals surface area contributed by atoms with E-state index in [2.05, 4.69) is 65.1 Å². The third-order valence-corrected chi connectivity index (χ3v) is 10.6. The van der Waals surface area contributed by atoms with Gasteiger partial charge >= 0.3 is 0 Å². The Morgan fingerprint density at radius 2 is 1.94 bits per heavy atom. The number of benzene rings is 1. The van der Waals surface area contributed by atoms with Crippen LogP contribution < -0.4 is 15.3 Å². The van der Waals surface area contributed by atoms with Crippen LogP contribution in [0.25, 0.3) is 22.4 Å². The van der Waals surface area contributed by atoms with E-state index in [-0.39, 0.29) is 29.1 Å². The summed E-state index contributed by atoms with van der Waals surface area (Å²) in [6.07, 6.45) is 1.60. The van der Waals surface area contributed by atoms with Crippen LogP contribution in [0.2, 0.25) is 18.1 Å². The highest BCUT2D eigenvalue weighted by atomic mass is 79.9. The molecule has 1 amide bonds. The lowest BCUT2D eigenvalue weighted by Crippen LogP contribution is -2.43. The topological polar surface area (TPSA) is 86.1 Å². The van der Waals surface area contributed by atoms with Crippen molar-refractivity contribution in [3.8, 4) is 17.1 Å². The summed E-state index contributed by atoms with van der Waals surface area (Å²) in [5.74, 6) is 0.837. The Kier molecular flexibility index (Phi) is 7.14. The molecule has 33 heavy (non-hydrogen) atoms. The highest BCUT2D eigenvalue weighted by Crippen LogP contribution is 2.38. The van der Waals surface area contributed by atoms with Crippen LogP contribution in [0.4, 0.5) is 0 Å². The van der Waals surface area contributed by atoms with Gasteiger partial charge in [-0.2, -0.15) is 0 Å². The maximum Gasteiger partial charge on any atom is 0.263 e. The Bertz CT molecular complexity index is 1250. The van der Waals surface area contributed by atoms with Crippen LogP contribution in [-0.4, -0.2) is 34.8 Å². The molecule has 0 unspecified atom stereocenters. The summed E-state index contributed by atoms with van der Waals surface area (Å²) in [7, 11) is -2.06. The molecule has 0 aliphatic carbocycles. The molecule has 0 aliphatic heterocycles. The van der Waals surface area contributed by atoms with Gasteiger partial charge in [-0.1, -0.05) is 32.9 Å². The Labute approximate surface area is 203 Å². The zero-order valence-electron chi connectivity index (χ0n) is 20.2. The predicted molar refractivity (Wildman–Crippen MR) is 138 cm³/mol. The molecule has 0 saturated heterocycles. The lowest BCUT2D eigenvalue weighted by molar-refractivity contribution is -0.122. The molecule has 0 atom stereocenters. The first-order valence-electron chi connectivity index (χ1n) is 10.9. The number of fused-ring (bicyclic) bond motifs is 1. The molecule has 0 bridgehead atoms. The van der Waals surface area contributed by atoms with Crippen LogP contribution in [0.15, 0.2) is 45.8 Å². The van der Waals surface area contributed by atoms with E-state index in [1.54, 1.807) is 12.3 Å². The van der Waals surface area contributed by atoms with Crippen LogP contribution in [0.1, 0.15) is 34.6 Å². The molecule has 176 valence electrons. The van der Waals surface area contributed by atoms with E-state index in [0.29, 0.717) is 26.9 Å². The van der Waals surface area contributed by atoms with Gasteiger partial charge in [0.15, 0.2) is 5.65 Å². The van der Waals surface area contributed by atoms with E-state index in [1.165, 1.54) is 4.57 Å². The monoisotopic (exact) mass is 530 g/mol. The number of rotatable bonds is 6. The fourth-order valence-electron chi connectivity index (χ4n) is 3.11. The Hall–Kier alpha value is -2.52. The van der Waals surface area contributed by atoms with Crippen molar-refractivity contribution < 1.29 is 9.22 Å². The van der Waals surface area contributed by atoms with Crippen molar-refractivity contribution in [3.05, 3.63) is 51.4 Å². The van der Waals surface area contributed by atoms with Gasteiger partial charge in [-0.05, 0) is 66.1 Å². The number of carbonyl (C=O) groups is 1. The zero-order valence-corrected chi connectivity index (χ0v) is 22.8. The molecule has 1 aromatic carbocycles. The number of hydrogen-bond acceptors (Lipinski definition) is 5. The number of amides is 1. The minimum absolute atomic E-state index is 0.0396.